The SMILES string of the molecule is COC1CCCC1NCc1ccc(C)o1. The number of rotatable bonds is 4. The molecule has 1 heterocycles. The quantitative estimate of drug-likeness (QED) is 0.826. The van der Waals surface area contributed by atoms with E-state index in [-0.39, 0.29) is 0 Å². The maximum atomic E-state index is 5.51. The third kappa shape index (κ3) is 2.61. The summed E-state index contributed by atoms with van der Waals surface area (Å²) in [6, 6.07) is 4.51. The molecule has 0 radical (unpaired) electrons. The topological polar surface area (TPSA) is 34.4 Å². The molecule has 1 aromatic heterocycles. The molecule has 2 atom stereocenters. The first kappa shape index (κ1) is 10.7. The highest BCUT2D eigenvalue weighted by atomic mass is 16.5. The summed E-state index contributed by atoms with van der Waals surface area (Å²) in [5.41, 5.74) is 0. The van der Waals surface area contributed by atoms with Crippen LogP contribution in [0.3, 0.4) is 0 Å². The molecule has 1 aromatic rings. The lowest BCUT2D eigenvalue weighted by Gasteiger charge is -2.18. The molecule has 0 bridgehead atoms. The minimum atomic E-state index is 0.376. The zero-order valence-electron chi connectivity index (χ0n) is 9.45. The van der Waals surface area contributed by atoms with Gasteiger partial charge >= 0.3 is 0 Å². The van der Waals surface area contributed by atoms with Crippen molar-refractivity contribution < 1.29 is 9.15 Å². The lowest BCUT2D eigenvalue weighted by molar-refractivity contribution is 0.0841. The minimum Gasteiger partial charge on any atom is -0.465 e. The molecule has 84 valence electrons. The van der Waals surface area contributed by atoms with E-state index in [1.807, 2.05) is 19.1 Å². The summed E-state index contributed by atoms with van der Waals surface area (Å²) in [6.45, 7) is 2.77. The summed E-state index contributed by atoms with van der Waals surface area (Å²) in [4.78, 5) is 0. The summed E-state index contributed by atoms with van der Waals surface area (Å²) in [5.74, 6) is 1.98. The number of nitrogens with one attached hydrogen (secondary N) is 1. The van der Waals surface area contributed by atoms with Crippen LogP contribution in [0.2, 0.25) is 0 Å². The molecular weight excluding hydrogens is 190 g/mol. The van der Waals surface area contributed by atoms with E-state index in [2.05, 4.69) is 5.32 Å². The van der Waals surface area contributed by atoms with Crippen molar-refractivity contribution >= 4 is 0 Å². The molecule has 1 fully saturated rings. The Hall–Kier alpha value is -0.800. The summed E-state index contributed by atoms with van der Waals surface area (Å²) >= 11 is 0. The predicted molar refractivity (Wildman–Crippen MR) is 58.7 cm³/mol. The van der Waals surface area contributed by atoms with E-state index in [0.717, 1.165) is 18.1 Å². The van der Waals surface area contributed by atoms with Gasteiger partial charge in [-0.25, -0.2) is 0 Å². The Balaban J connectivity index is 1.82. The zero-order chi connectivity index (χ0) is 10.7. The van der Waals surface area contributed by atoms with Crippen LogP contribution in [-0.2, 0) is 11.3 Å². The highest BCUT2D eigenvalue weighted by Gasteiger charge is 2.26. The molecule has 0 amide bonds. The number of ether oxygens (including phenoxy) is 1. The first-order chi connectivity index (χ1) is 7.29. The smallest absolute Gasteiger partial charge is 0.117 e. The van der Waals surface area contributed by atoms with E-state index in [1.54, 1.807) is 7.11 Å². The highest BCUT2D eigenvalue weighted by molar-refractivity contribution is 5.05. The second-order valence-corrected chi connectivity index (χ2v) is 4.20. The zero-order valence-corrected chi connectivity index (χ0v) is 9.45. The van der Waals surface area contributed by atoms with Gasteiger partial charge in [0.2, 0.25) is 0 Å². The number of aryl methyl sites for hydroxylation is 1. The molecule has 2 unspecified atom stereocenters. The molecule has 3 heteroatoms. The van der Waals surface area contributed by atoms with Crippen LogP contribution in [0.4, 0.5) is 0 Å². The number of methoxy groups -OCH3 is 1. The largest absolute Gasteiger partial charge is 0.465 e. The van der Waals surface area contributed by atoms with Crippen molar-refractivity contribution in [2.75, 3.05) is 7.11 Å². The van der Waals surface area contributed by atoms with Gasteiger partial charge < -0.3 is 14.5 Å². The van der Waals surface area contributed by atoms with Crippen LogP contribution in [0.15, 0.2) is 16.5 Å². The molecule has 15 heavy (non-hydrogen) atoms. The third-order valence-electron chi connectivity index (χ3n) is 3.09. The van der Waals surface area contributed by atoms with Crippen molar-refractivity contribution in [1.29, 1.82) is 0 Å². The molecular formula is C12H19NO2. The van der Waals surface area contributed by atoms with Crippen LogP contribution < -0.4 is 5.32 Å². The maximum Gasteiger partial charge on any atom is 0.117 e. The molecule has 0 aromatic carbocycles. The molecule has 1 aliphatic rings. The van der Waals surface area contributed by atoms with Crippen LogP contribution >= 0.6 is 0 Å². The van der Waals surface area contributed by atoms with Crippen molar-refractivity contribution in [3.05, 3.63) is 23.7 Å². The monoisotopic (exact) mass is 209 g/mol. The highest BCUT2D eigenvalue weighted by Crippen LogP contribution is 2.21. The van der Waals surface area contributed by atoms with Crippen molar-refractivity contribution in [1.82, 2.24) is 5.32 Å². The first-order valence-corrected chi connectivity index (χ1v) is 5.61. The van der Waals surface area contributed by atoms with E-state index < -0.39 is 0 Å². The lowest BCUT2D eigenvalue weighted by Crippen LogP contribution is -2.36. The Morgan fingerprint density at radius 1 is 1.47 bits per heavy atom. The summed E-state index contributed by atoms with van der Waals surface area (Å²) in [7, 11) is 1.79. The number of hydrogen-bond acceptors (Lipinski definition) is 3. The Kier molecular flexibility index (Phi) is 3.44. The van der Waals surface area contributed by atoms with Crippen LogP contribution in [-0.4, -0.2) is 19.3 Å². The van der Waals surface area contributed by atoms with Gasteiger partial charge in [0.25, 0.3) is 0 Å². The summed E-state index contributed by atoms with van der Waals surface area (Å²) in [5, 5.41) is 3.49. The van der Waals surface area contributed by atoms with E-state index in [0.29, 0.717) is 12.1 Å². The van der Waals surface area contributed by atoms with Gasteiger partial charge in [0.15, 0.2) is 0 Å². The fourth-order valence-electron chi connectivity index (χ4n) is 2.25. The van der Waals surface area contributed by atoms with Crippen LogP contribution in [0.25, 0.3) is 0 Å². The van der Waals surface area contributed by atoms with Crippen molar-refractivity contribution in [3.8, 4) is 0 Å². The van der Waals surface area contributed by atoms with Gasteiger partial charge in [-0.2, -0.15) is 0 Å². The number of hydrogen-bond donors (Lipinski definition) is 1. The molecule has 0 saturated heterocycles. The van der Waals surface area contributed by atoms with Gasteiger partial charge in [-0.15, -0.1) is 0 Å². The molecule has 1 N–H and O–H groups in total. The van der Waals surface area contributed by atoms with E-state index in [1.165, 1.54) is 19.3 Å². The second-order valence-electron chi connectivity index (χ2n) is 4.20. The van der Waals surface area contributed by atoms with E-state index in [9.17, 15) is 0 Å². The fraction of sp³-hybridized carbons (Fsp3) is 0.667. The van der Waals surface area contributed by atoms with Gasteiger partial charge in [-0.3, -0.25) is 0 Å². The van der Waals surface area contributed by atoms with Crippen LogP contribution in [0.5, 0.6) is 0 Å². The van der Waals surface area contributed by atoms with Gasteiger partial charge in [-0.1, -0.05) is 0 Å². The molecule has 3 nitrogen and oxygen atoms in total. The number of furan rings is 1. The molecule has 1 aliphatic carbocycles. The predicted octanol–water partition coefficient (Wildman–Crippen LogP) is 2.25. The van der Waals surface area contributed by atoms with Crippen molar-refractivity contribution in [2.24, 2.45) is 0 Å². The Morgan fingerprint density at radius 3 is 3.00 bits per heavy atom. The van der Waals surface area contributed by atoms with E-state index >= 15 is 0 Å². The maximum absolute atomic E-state index is 5.51. The molecule has 2 rings (SSSR count). The van der Waals surface area contributed by atoms with Gasteiger partial charge in [-0.05, 0) is 38.3 Å². The van der Waals surface area contributed by atoms with Crippen LogP contribution in [0.1, 0.15) is 30.8 Å². The third-order valence-corrected chi connectivity index (χ3v) is 3.09. The minimum absolute atomic E-state index is 0.376. The Labute approximate surface area is 90.8 Å². The van der Waals surface area contributed by atoms with Gasteiger partial charge in [0.05, 0.1) is 12.6 Å². The average Bonchev–Trinajstić information content (AvgIpc) is 2.83. The molecule has 1 saturated carbocycles. The Bertz CT molecular complexity index is 308. The van der Waals surface area contributed by atoms with Gasteiger partial charge in [0.1, 0.15) is 11.5 Å². The lowest BCUT2D eigenvalue weighted by atomic mass is 10.2. The van der Waals surface area contributed by atoms with E-state index in [4.69, 9.17) is 9.15 Å². The average molecular weight is 209 g/mol. The summed E-state index contributed by atoms with van der Waals surface area (Å²) in [6.07, 6.45) is 4.01. The van der Waals surface area contributed by atoms with Crippen molar-refractivity contribution in [3.63, 3.8) is 0 Å². The standard InChI is InChI=1S/C12H19NO2/c1-9-6-7-10(15-9)8-13-11-4-3-5-12(11)14-2/h6-7,11-13H,3-5,8H2,1-2H3. The van der Waals surface area contributed by atoms with Gasteiger partial charge in [0, 0.05) is 13.2 Å². The molecule has 0 aliphatic heterocycles. The fourth-order valence-corrected chi connectivity index (χ4v) is 2.25. The summed E-state index contributed by atoms with van der Waals surface area (Å²) < 4.78 is 10.9. The normalized spacial score (nSPS) is 26.0. The second kappa shape index (κ2) is 4.81. The van der Waals surface area contributed by atoms with Crippen LogP contribution in [0, 0.1) is 6.92 Å². The first-order valence-electron chi connectivity index (χ1n) is 5.61. The Morgan fingerprint density at radius 2 is 2.33 bits per heavy atom. The molecule has 0 spiro atoms. The van der Waals surface area contributed by atoms with Crippen molar-refractivity contribution in [2.45, 2.75) is 44.9 Å².